The lowest BCUT2D eigenvalue weighted by Gasteiger charge is -2.16. The van der Waals surface area contributed by atoms with Crippen molar-refractivity contribution in [2.24, 2.45) is 5.92 Å². The molecule has 2 heteroatoms. The summed E-state index contributed by atoms with van der Waals surface area (Å²) in [6, 6.07) is 7.06. The van der Waals surface area contributed by atoms with E-state index in [0.29, 0.717) is 6.04 Å². The van der Waals surface area contributed by atoms with Crippen molar-refractivity contribution < 1.29 is 4.74 Å². The summed E-state index contributed by atoms with van der Waals surface area (Å²) in [7, 11) is 1.76. The van der Waals surface area contributed by atoms with Gasteiger partial charge in [0.25, 0.3) is 0 Å². The first-order valence-electron chi connectivity index (χ1n) is 6.14. The van der Waals surface area contributed by atoms with Crippen molar-refractivity contribution in [1.82, 2.24) is 5.32 Å². The monoisotopic (exact) mass is 219 g/mol. The number of benzene rings is 1. The maximum atomic E-state index is 5.50. The number of aryl methyl sites for hydroxylation is 1. The Morgan fingerprint density at radius 1 is 1.44 bits per heavy atom. The first kappa shape index (κ1) is 11.5. The fourth-order valence-corrected chi connectivity index (χ4v) is 2.41. The number of hydrogen-bond acceptors (Lipinski definition) is 2. The van der Waals surface area contributed by atoms with Gasteiger partial charge >= 0.3 is 0 Å². The third-order valence-corrected chi connectivity index (χ3v) is 3.43. The van der Waals surface area contributed by atoms with E-state index in [1.54, 1.807) is 7.11 Å². The molecule has 2 nitrogen and oxygen atoms in total. The summed E-state index contributed by atoms with van der Waals surface area (Å²) in [5, 5.41) is 3.55. The van der Waals surface area contributed by atoms with Gasteiger partial charge in [0.15, 0.2) is 0 Å². The summed E-state index contributed by atoms with van der Waals surface area (Å²) in [6.07, 6.45) is 2.27. The second-order valence-electron chi connectivity index (χ2n) is 4.73. The number of ether oxygens (including phenoxy) is 1. The molecule has 0 amide bonds. The normalized spacial score (nSPS) is 24.7. The maximum absolute atomic E-state index is 5.50. The molecule has 16 heavy (non-hydrogen) atoms. The molecule has 0 aromatic heterocycles. The molecule has 0 saturated carbocycles. The molecule has 1 N–H and O–H groups in total. The maximum Gasteiger partial charge on any atom is 0.123 e. The van der Waals surface area contributed by atoms with Gasteiger partial charge in [-0.1, -0.05) is 26.0 Å². The Bertz CT molecular complexity index is 362. The van der Waals surface area contributed by atoms with Crippen LogP contribution in [0.3, 0.4) is 0 Å². The fraction of sp³-hybridized carbons (Fsp3) is 0.571. The van der Waals surface area contributed by atoms with Gasteiger partial charge in [0.2, 0.25) is 0 Å². The third kappa shape index (κ3) is 2.22. The average molecular weight is 219 g/mol. The highest BCUT2D eigenvalue weighted by Crippen LogP contribution is 2.33. The van der Waals surface area contributed by atoms with Crippen LogP contribution in [0.15, 0.2) is 18.2 Å². The fourth-order valence-electron chi connectivity index (χ4n) is 2.41. The topological polar surface area (TPSA) is 21.3 Å². The second-order valence-corrected chi connectivity index (χ2v) is 4.73. The van der Waals surface area contributed by atoms with E-state index in [4.69, 9.17) is 4.74 Å². The molecule has 0 bridgehead atoms. The molecule has 2 rings (SSSR count). The number of rotatable bonds is 3. The Morgan fingerprint density at radius 3 is 2.81 bits per heavy atom. The molecule has 1 aliphatic rings. The highest BCUT2D eigenvalue weighted by molar-refractivity contribution is 5.40. The van der Waals surface area contributed by atoms with Crippen molar-refractivity contribution in [2.75, 3.05) is 13.7 Å². The quantitative estimate of drug-likeness (QED) is 0.844. The molecule has 1 aromatic carbocycles. The molecular formula is C14H21NO. The van der Waals surface area contributed by atoms with Crippen LogP contribution in [0.1, 0.15) is 37.4 Å². The highest BCUT2D eigenvalue weighted by atomic mass is 16.5. The molecule has 88 valence electrons. The van der Waals surface area contributed by atoms with Gasteiger partial charge in [-0.15, -0.1) is 0 Å². The van der Waals surface area contributed by atoms with Crippen molar-refractivity contribution in [2.45, 2.75) is 32.7 Å². The van der Waals surface area contributed by atoms with Gasteiger partial charge in [0.05, 0.1) is 7.11 Å². The Kier molecular flexibility index (Phi) is 3.49. The summed E-state index contributed by atoms with van der Waals surface area (Å²) in [4.78, 5) is 0. The molecular weight excluding hydrogens is 198 g/mol. The van der Waals surface area contributed by atoms with Crippen molar-refractivity contribution in [3.63, 3.8) is 0 Å². The van der Waals surface area contributed by atoms with Crippen molar-refractivity contribution in [1.29, 1.82) is 0 Å². The molecule has 1 aromatic rings. The van der Waals surface area contributed by atoms with E-state index >= 15 is 0 Å². The summed E-state index contributed by atoms with van der Waals surface area (Å²) < 4.78 is 5.50. The van der Waals surface area contributed by atoms with E-state index in [9.17, 15) is 0 Å². The molecule has 1 heterocycles. The summed E-state index contributed by atoms with van der Waals surface area (Å²) >= 11 is 0. The van der Waals surface area contributed by atoms with Gasteiger partial charge in [-0.25, -0.2) is 0 Å². The van der Waals surface area contributed by atoms with E-state index < -0.39 is 0 Å². The minimum atomic E-state index is 0.468. The minimum Gasteiger partial charge on any atom is -0.496 e. The number of methoxy groups -OCH3 is 1. The zero-order valence-electron chi connectivity index (χ0n) is 10.4. The van der Waals surface area contributed by atoms with Crippen LogP contribution in [0.4, 0.5) is 0 Å². The smallest absolute Gasteiger partial charge is 0.123 e. The second kappa shape index (κ2) is 4.88. The molecule has 1 fully saturated rings. The SMILES string of the molecule is CCc1ccc([C@@H]2C[C@H](C)CN2)c(OC)c1. The van der Waals surface area contributed by atoms with Crippen molar-refractivity contribution in [3.8, 4) is 5.75 Å². The first-order valence-corrected chi connectivity index (χ1v) is 6.14. The molecule has 0 spiro atoms. The number of hydrogen-bond donors (Lipinski definition) is 1. The van der Waals surface area contributed by atoms with Crippen molar-refractivity contribution >= 4 is 0 Å². The van der Waals surface area contributed by atoms with E-state index in [0.717, 1.165) is 24.6 Å². The van der Waals surface area contributed by atoms with Crippen LogP contribution >= 0.6 is 0 Å². The Labute approximate surface area is 98.0 Å². The average Bonchev–Trinajstić information content (AvgIpc) is 2.74. The van der Waals surface area contributed by atoms with Crippen LogP contribution in [0.25, 0.3) is 0 Å². The number of nitrogens with one attached hydrogen (secondary N) is 1. The molecule has 1 saturated heterocycles. The highest BCUT2D eigenvalue weighted by Gasteiger charge is 2.24. The van der Waals surface area contributed by atoms with Crippen LogP contribution in [0, 0.1) is 5.92 Å². The van der Waals surface area contributed by atoms with Crippen LogP contribution in [0.2, 0.25) is 0 Å². The van der Waals surface area contributed by atoms with Gasteiger partial charge in [-0.3, -0.25) is 0 Å². The largest absolute Gasteiger partial charge is 0.496 e. The van der Waals surface area contributed by atoms with Crippen LogP contribution in [-0.4, -0.2) is 13.7 Å². The molecule has 0 radical (unpaired) electrons. The van der Waals surface area contributed by atoms with Gasteiger partial charge in [0, 0.05) is 11.6 Å². The van der Waals surface area contributed by atoms with E-state index in [2.05, 4.69) is 37.4 Å². The zero-order chi connectivity index (χ0) is 11.5. The molecule has 2 atom stereocenters. The lowest BCUT2D eigenvalue weighted by molar-refractivity contribution is 0.402. The van der Waals surface area contributed by atoms with Crippen LogP contribution in [0.5, 0.6) is 5.75 Å². The third-order valence-electron chi connectivity index (χ3n) is 3.43. The lowest BCUT2D eigenvalue weighted by atomic mass is 9.98. The van der Waals surface area contributed by atoms with Gasteiger partial charge in [0.1, 0.15) is 5.75 Å². The van der Waals surface area contributed by atoms with Gasteiger partial charge < -0.3 is 10.1 Å². The van der Waals surface area contributed by atoms with Gasteiger partial charge in [-0.05, 0) is 36.9 Å². The summed E-state index contributed by atoms with van der Waals surface area (Å²) in [6.45, 7) is 5.58. The summed E-state index contributed by atoms with van der Waals surface area (Å²) in [5.41, 5.74) is 2.65. The minimum absolute atomic E-state index is 0.468. The lowest BCUT2D eigenvalue weighted by Crippen LogP contribution is -2.14. The Balaban J connectivity index is 2.26. The van der Waals surface area contributed by atoms with Crippen LogP contribution < -0.4 is 10.1 Å². The molecule has 0 unspecified atom stereocenters. The standard InChI is InChI=1S/C14H21NO/c1-4-11-5-6-12(14(8-11)16-3)13-7-10(2)9-15-13/h5-6,8,10,13,15H,4,7,9H2,1-3H3/t10-,13-/m0/s1. The summed E-state index contributed by atoms with van der Waals surface area (Å²) in [5.74, 6) is 1.80. The van der Waals surface area contributed by atoms with Crippen molar-refractivity contribution in [3.05, 3.63) is 29.3 Å². The zero-order valence-corrected chi connectivity index (χ0v) is 10.4. The Morgan fingerprint density at radius 2 is 2.25 bits per heavy atom. The molecule has 1 aliphatic heterocycles. The van der Waals surface area contributed by atoms with Gasteiger partial charge in [-0.2, -0.15) is 0 Å². The Hall–Kier alpha value is -1.02. The van der Waals surface area contributed by atoms with Crippen LogP contribution in [-0.2, 0) is 6.42 Å². The molecule has 0 aliphatic carbocycles. The predicted octanol–water partition coefficient (Wildman–Crippen LogP) is 2.93. The van der Waals surface area contributed by atoms with E-state index in [1.807, 2.05) is 0 Å². The predicted molar refractivity (Wildman–Crippen MR) is 66.9 cm³/mol. The first-order chi connectivity index (χ1) is 7.74. The van der Waals surface area contributed by atoms with E-state index in [-0.39, 0.29) is 0 Å². The van der Waals surface area contributed by atoms with E-state index in [1.165, 1.54) is 17.5 Å².